The van der Waals surface area contributed by atoms with Crippen molar-refractivity contribution in [1.82, 2.24) is 0 Å². The van der Waals surface area contributed by atoms with Gasteiger partial charge in [-0.1, -0.05) is 27.2 Å². The van der Waals surface area contributed by atoms with Gasteiger partial charge in [0.2, 0.25) is 0 Å². The third-order valence-electron chi connectivity index (χ3n) is 3.52. The Morgan fingerprint density at radius 1 is 1.05 bits per heavy atom. The lowest BCUT2D eigenvalue weighted by atomic mass is 9.94. The van der Waals surface area contributed by atoms with Crippen molar-refractivity contribution >= 4 is 11.9 Å². The van der Waals surface area contributed by atoms with Crippen molar-refractivity contribution in [3.8, 4) is 0 Å². The molecule has 0 bridgehead atoms. The molecule has 0 amide bonds. The summed E-state index contributed by atoms with van der Waals surface area (Å²) in [5, 5.41) is 0. The van der Waals surface area contributed by atoms with E-state index in [1.165, 1.54) is 0 Å². The van der Waals surface area contributed by atoms with Gasteiger partial charge in [0.1, 0.15) is 5.60 Å². The Labute approximate surface area is 129 Å². The number of rotatable bonds is 10. The van der Waals surface area contributed by atoms with Crippen LogP contribution in [0.1, 0.15) is 80.1 Å². The van der Waals surface area contributed by atoms with E-state index in [-0.39, 0.29) is 29.6 Å². The molecule has 0 aromatic carbocycles. The highest BCUT2D eigenvalue weighted by Gasteiger charge is 2.27. The molecule has 0 heterocycles. The van der Waals surface area contributed by atoms with Crippen molar-refractivity contribution in [2.75, 3.05) is 0 Å². The SMILES string of the molecule is CCC(C)(CCCCCC(=O)OC(C)C)OC(=O)C(C)C. The van der Waals surface area contributed by atoms with E-state index in [9.17, 15) is 9.59 Å². The zero-order valence-corrected chi connectivity index (χ0v) is 14.5. The molecule has 21 heavy (non-hydrogen) atoms. The molecule has 0 aromatic heterocycles. The number of carbonyl (C=O) groups excluding carboxylic acids is 2. The first kappa shape index (κ1) is 19.9. The average Bonchev–Trinajstić information content (AvgIpc) is 2.37. The fourth-order valence-electron chi connectivity index (χ4n) is 1.93. The van der Waals surface area contributed by atoms with Gasteiger partial charge in [0.25, 0.3) is 0 Å². The van der Waals surface area contributed by atoms with Gasteiger partial charge in [-0.15, -0.1) is 0 Å². The Hall–Kier alpha value is -1.06. The topological polar surface area (TPSA) is 52.6 Å². The molecule has 0 aromatic rings. The summed E-state index contributed by atoms with van der Waals surface area (Å²) in [4.78, 5) is 23.1. The van der Waals surface area contributed by atoms with Crippen LogP contribution in [0.2, 0.25) is 0 Å². The van der Waals surface area contributed by atoms with Crippen LogP contribution in [0.3, 0.4) is 0 Å². The van der Waals surface area contributed by atoms with Crippen LogP contribution in [0, 0.1) is 5.92 Å². The second-order valence-corrected chi connectivity index (χ2v) is 6.48. The van der Waals surface area contributed by atoms with Crippen LogP contribution in [0.5, 0.6) is 0 Å². The van der Waals surface area contributed by atoms with E-state index in [1.807, 2.05) is 41.5 Å². The van der Waals surface area contributed by atoms with E-state index < -0.39 is 0 Å². The van der Waals surface area contributed by atoms with Crippen LogP contribution in [-0.2, 0) is 19.1 Å². The number of hydrogen-bond acceptors (Lipinski definition) is 4. The van der Waals surface area contributed by atoms with Crippen LogP contribution in [0.25, 0.3) is 0 Å². The minimum Gasteiger partial charge on any atom is -0.463 e. The molecule has 0 aliphatic carbocycles. The normalized spacial score (nSPS) is 14.1. The molecule has 0 fully saturated rings. The summed E-state index contributed by atoms with van der Waals surface area (Å²) >= 11 is 0. The van der Waals surface area contributed by atoms with Gasteiger partial charge in [0.15, 0.2) is 0 Å². The highest BCUT2D eigenvalue weighted by atomic mass is 16.6. The van der Waals surface area contributed by atoms with Gasteiger partial charge in [-0.05, 0) is 46.5 Å². The fraction of sp³-hybridized carbons (Fsp3) is 0.882. The van der Waals surface area contributed by atoms with Gasteiger partial charge < -0.3 is 9.47 Å². The predicted octanol–water partition coefficient (Wildman–Crippen LogP) is 4.26. The molecular weight excluding hydrogens is 268 g/mol. The van der Waals surface area contributed by atoms with Crippen LogP contribution in [0.15, 0.2) is 0 Å². The summed E-state index contributed by atoms with van der Waals surface area (Å²) in [6.07, 6.45) is 4.78. The van der Waals surface area contributed by atoms with Crippen LogP contribution in [0.4, 0.5) is 0 Å². The lowest BCUT2D eigenvalue weighted by Gasteiger charge is -2.29. The third kappa shape index (κ3) is 9.48. The Morgan fingerprint density at radius 3 is 2.14 bits per heavy atom. The molecule has 0 spiro atoms. The van der Waals surface area contributed by atoms with E-state index in [1.54, 1.807) is 0 Å². The van der Waals surface area contributed by atoms with Crippen LogP contribution < -0.4 is 0 Å². The van der Waals surface area contributed by atoms with Gasteiger partial charge in [-0.25, -0.2) is 0 Å². The summed E-state index contributed by atoms with van der Waals surface area (Å²) in [7, 11) is 0. The summed E-state index contributed by atoms with van der Waals surface area (Å²) in [6.45, 7) is 11.4. The highest BCUT2D eigenvalue weighted by molar-refractivity contribution is 5.72. The minimum atomic E-state index is -0.389. The quantitative estimate of drug-likeness (QED) is 0.447. The lowest BCUT2D eigenvalue weighted by molar-refractivity contribution is -0.163. The van der Waals surface area contributed by atoms with E-state index in [2.05, 4.69) is 0 Å². The molecule has 0 aliphatic heterocycles. The van der Waals surface area contributed by atoms with Gasteiger partial charge in [-0.2, -0.15) is 0 Å². The summed E-state index contributed by atoms with van der Waals surface area (Å²) < 4.78 is 10.7. The Bertz CT molecular complexity index is 323. The minimum absolute atomic E-state index is 0.0451. The number of unbranched alkanes of at least 4 members (excludes halogenated alkanes) is 2. The van der Waals surface area contributed by atoms with Gasteiger partial charge >= 0.3 is 11.9 Å². The van der Waals surface area contributed by atoms with Crippen molar-refractivity contribution < 1.29 is 19.1 Å². The first-order chi connectivity index (χ1) is 9.70. The molecule has 0 saturated heterocycles. The van der Waals surface area contributed by atoms with E-state index in [0.717, 1.165) is 32.1 Å². The molecule has 0 rings (SSSR count). The highest BCUT2D eigenvalue weighted by Crippen LogP contribution is 2.24. The number of carbonyl (C=O) groups is 2. The largest absolute Gasteiger partial charge is 0.463 e. The van der Waals surface area contributed by atoms with Gasteiger partial charge in [0.05, 0.1) is 12.0 Å². The van der Waals surface area contributed by atoms with E-state index >= 15 is 0 Å². The second kappa shape index (κ2) is 9.80. The van der Waals surface area contributed by atoms with Gasteiger partial charge in [0, 0.05) is 6.42 Å². The number of ether oxygens (including phenoxy) is 2. The maximum Gasteiger partial charge on any atom is 0.308 e. The first-order valence-corrected chi connectivity index (χ1v) is 8.12. The van der Waals surface area contributed by atoms with Crippen LogP contribution in [-0.4, -0.2) is 23.6 Å². The number of esters is 2. The maximum absolute atomic E-state index is 11.7. The van der Waals surface area contributed by atoms with E-state index in [0.29, 0.717) is 6.42 Å². The third-order valence-corrected chi connectivity index (χ3v) is 3.52. The molecule has 124 valence electrons. The lowest BCUT2D eigenvalue weighted by Crippen LogP contribution is -2.32. The molecule has 1 atom stereocenters. The monoisotopic (exact) mass is 300 g/mol. The first-order valence-electron chi connectivity index (χ1n) is 8.12. The number of hydrogen-bond donors (Lipinski definition) is 0. The standard InChI is InChI=1S/C17H32O4/c1-7-17(6,21-16(19)13(2)3)12-10-8-9-11-15(18)20-14(4)5/h13-14H,7-12H2,1-6H3. The molecule has 0 radical (unpaired) electrons. The Balaban J connectivity index is 3.96. The van der Waals surface area contributed by atoms with Gasteiger partial charge in [-0.3, -0.25) is 9.59 Å². The Kier molecular flexibility index (Phi) is 9.31. The molecule has 4 nitrogen and oxygen atoms in total. The zero-order valence-electron chi connectivity index (χ0n) is 14.5. The summed E-state index contributed by atoms with van der Waals surface area (Å²) in [6, 6.07) is 0. The zero-order chi connectivity index (χ0) is 16.5. The smallest absolute Gasteiger partial charge is 0.308 e. The molecular formula is C17H32O4. The molecule has 4 heteroatoms. The second-order valence-electron chi connectivity index (χ2n) is 6.48. The molecule has 1 unspecified atom stereocenters. The fourth-order valence-corrected chi connectivity index (χ4v) is 1.93. The maximum atomic E-state index is 11.7. The predicted molar refractivity (Wildman–Crippen MR) is 83.9 cm³/mol. The molecule has 0 aliphatic rings. The van der Waals surface area contributed by atoms with Crippen molar-refractivity contribution in [1.29, 1.82) is 0 Å². The molecule has 0 saturated carbocycles. The van der Waals surface area contributed by atoms with Crippen molar-refractivity contribution in [2.24, 2.45) is 5.92 Å². The van der Waals surface area contributed by atoms with Crippen molar-refractivity contribution in [2.45, 2.75) is 91.8 Å². The van der Waals surface area contributed by atoms with E-state index in [4.69, 9.17) is 9.47 Å². The van der Waals surface area contributed by atoms with Crippen molar-refractivity contribution in [3.05, 3.63) is 0 Å². The summed E-state index contributed by atoms with van der Waals surface area (Å²) in [5.41, 5.74) is -0.389. The molecule has 0 N–H and O–H groups in total. The van der Waals surface area contributed by atoms with Crippen molar-refractivity contribution in [3.63, 3.8) is 0 Å². The average molecular weight is 300 g/mol. The summed E-state index contributed by atoms with van der Waals surface area (Å²) in [5.74, 6) is -0.365. The Morgan fingerprint density at radius 2 is 1.67 bits per heavy atom. The van der Waals surface area contributed by atoms with Crippen LogP contribution >= 0.6 is 0 Å².